The van der Waals surface area contributed by atoms with Crippen LogP contribution < -0.4 is 5.32 Å². The first kappa shape index (κ1) is 24.4. The van der Waals surface area contributed by atoms with Crippen LogP contribution in [0.15, 0.2) is 42.5 Å². The van der Waals surface area contributed by atoms with E-state index in [1.165, 1.54) is 12.1 Å². The van der Waals surface area contributed by atoms with Gasteiger partial charge in [0.25, 0.3) is 0 Å². The first-order valence-corrected chi connectivity index (χ1v) is 14.2. The average Bonchev–Trinajstić information content (AvgIpc) is 2.74. The molecule has 1 amide bonds. The fourth-order valence-electron chi connectivity index (χ4n) is 5.28. The minimum atomic E-state index is -2.33. The molecule has 0 unspecified atom stereocenters. The Morgan fingerprint density at radius 2 is 1.66 bits per heavy atom. The van der Waals surface area contributed by atoms with E-state index in [1.807, 2.05) is 44.2 Å². The van der Waals surface area contributed by atoms with Gasteiger partial charge in [0.15, 0.2) is 0 Å². The summed E-state index contributed by atoms with van der Waals surface area (Å²) in [6.07, 6.45) is 4.64. The number of esters is 1. The van der Waals surface area contributed by atoms with Gasteiger partial charge in [0.1, 0.15) is 0 Å². The number of halogens is 1. The van der Waals surface area contributed by atoms with E-state index in [1.54, 1.807) is 0 Å². The topological polar surface area (TPSA) is 55.4 Å². The van der Waals surface area contributed by atoms with Gasteiger partial charge in [0, 0.05) is 0 Å². The van der Waals surface area contributed by atoms with Crippen molar-refractivity contribution in [3.05, 3.63) is 65.0 Å². The van der Waals surface area contributed by atoms with Crippen LogP contribution in [-0.4, -0.2) is 35.5 Å². The number of aryl methyl sites for hydroxylation is 2. The molecule has 0 atom stereocenters. The number of amides is 1. The Kier molecular flexibility index (Phi) is 7.71. The molecule has 1 aliphatic carbocycles. The average molecular weight is 460 g/mol. The van der Waals surface area contributed by atoms with Gasteiger partial charge in [-0.2, -0.15) is 0 Å². The van der Waals surface area contributed by atoms with E-state index < -0.39 is 12.4 Å². The monoisotopic (exact) mass is 459 g/mol. The molecule has 1 fully saturated rings. The quantitative estimate of drug-likeness (QED) is 0.379. The van der Waals surface area contributed by atoms with Crippen LogP contribution >= 0.6 is 7.26 Å². The van der Waals surface area contributed by atoms with Gasteiger partial charge in [-0.3, -0.25) is 0 Å². The van der Waals surface area contributed by atoms with Gasteiger partial charge in [-0.1, -0.05) is 0 Å². The zero-order chi connectivity index (χ0) is 23.4. The molecule has 4 nitrogen and oxygen atoms in total. The molecular weight excluding hydrogens is 424 g/mol. The van der Waals surface area contributed by atoms with E-state index in [0.29, 0.717) is 23.0 Å². The molecule has 0 spiro atoms. The number of anilines is 1. The predicted octanol–water partition coefficient (Wildman–Crippen LogP) is 5.84. The van der Waals surface area contributed by atoms with Gasteiger partial charge in [-0.15, -0.1) is 0 Å². The van der Waals surface area contributed by atoms with E-state index in [2.05, 4.69) is 19.2 Å². The third-order valence-electron chi connectivity index (χ3n) is 7.47. The fraction of sp³-hybridized carbons (Fsp3) is 0.462. The Balaban J connectivity index is 1.80. The Hall–Kier alpha value is -2.26. The van der Waals surface area contributed by atoms with Crippen molar-refractivity contribution in [3.63, 3.8) is 0 Å². The summed E-state index contributed by atoms with van der Waals surface area (Å²) in [6.45, 7) is 8.10. The second-order valence-electron chi connectivity index (χ2n) is 9.11. The molecule has 174 valence electrons. The summed E-state index contributed by atoms with van der Waals surface area (Å²) in [4.78, 5) is 26.6. The fourth-order valence-corrected chi connectivity index (χ4v) is 10.6. The van der Waals surface area contributed by atoms with Crippen LogP contribution in [0.4, 0.5) is 10.1 Å². The molecule has 2 aromatic carbocycles. The summed E-state index contributed by atoms with van der Waals surface area (Å²) in [5.41, 5.74) is 3.07. The Bertz CT molecular complexity index is 945. The summed E-state index contributed by atoms with van der Waals surface area (Å²) in [5, 5.41) is 2.64. The van der Waals surface area contributed by atoms with Gasteiger partial charge < -0.3 is 0 Å². The van der Waals surface area contributed by atoms with Gasteiger partial charge in [0.05, 0.1) is 0 Å². The molecule has 0 bridgehead atoms. The van der Waals surface area contributed by atoms with E-state index in [0.717, 1.165) is 37.1 Å². The number of ether oxygens (including phenoxy) is 1. The van der Waals surface area contributed by atoms with Crippen molar-refractivity contribution in [2.75, 3.05) is 23.8 Å². The normalized spacial score (nSPS) is 15.5. The molecule has 6 heteroatoms. The van der Waals surface area contributed by atoms with Crippen molar-refractivity contribution in [2.45, 2.75) is 58.7 Å². The van der Waals surface area contributed by atoms with Gasteiger partial charge in [-0.05, 0) is 0 Å². The summed E-state index contributed by atoms with van der Waals surface area (Å²) in [5.74, 6) is -0.520. The van der Waals surface area contributed by atoms with E-state index in [9.17, 15) is 14.0 Å². The van der Waals surface area contributed by atoms with Crippen LogP contribution in [0.25, 0.3) is 0 Å². The molecule has 0 saturated heterocycles. The number of hydrogen-bond donors (Lipinski definition) is 1. The van der Waals surface area contributed by atoms with Crippen LogP contribution in [0.5, 0.6) is 0 Å². The molecule has 1 aliphatic rings. The molecule has 0 aliphatic heterocycles. The third kappa shape index (κ3) is 4.73. The number of benzene rings is 2. The molecule has 0 heterocycles. The first-order chi connectivity index (χ1) is 15.3. The molecule has 1 saturated carbocycles. The minimum absolute atomic E-state index is 0.00668. The van der Waals surface area contributed by atoms with Gasteiger partial charge >= 0.3 is 191 Å². The standard InChI is InChI=1S/C26H35FNO3P/c1-5-32(6-2,18-23(29)31-17-21-11-8-7-9-12-21)26(13-10-14-26)25(30)28-24-19(3)15-22(27)16-20(24)4/h7-9,11-12,15-16,32H,5-6,10,13-14,17-18H2,1-4H3,(H,28,30). The van der Waals surface area contributed by atoms with Crippen LogP contribution in [0.1, 0.15) is 49.8 Å². The van der Waals surface area contributed by atoms with Crippen molar-refractivity contribution < 1.29 is 18.7 Å². The third-order valence-corrected chi connectivity index (χ3v) is 13.9. The Morgan fingerprint density at radius 1 is 1.06 bits per heavy atom. The maximum absolute atomic E-state index is 13.7. The summed E-state index contributed by atoms with van der Waals surface area (Å²) < 4.78 is 19.4. The zero-order valence-electron chi connectivity index (χ0n) is 19.6. The van der Waals surface area contributed by atoms with Gasteiger partial charge in [0.2, 0.25) is 0 Å². The van der Waals surface area contributed by atoms with E-state index in [4.69, 9.17) is 4.74 Å². The number of hydrogen-bond acceptors (Lipinski definition) is 3. The second kappa shape index (κ2) is 10.1. The van der Waals surface area contributed by atoms with Crippen LogP contribution in [0.2, 0.25) is 0 Å². The molecule has 0 radical (unpaired) electrons. The molecule has 1 N–H and O–H groups in total. The van der Waals surface area contributed by atoms with Crippen molar-refractivity contribution in [3.8, 4) is 0 Å². The van der Waals surface area contributed by atoms with Crippen molar-refractivity contribution in [1.29, 1.82) is 0 Å². The van der Waals surface area contributed by atoms with Gasteiger partial charge in [-0.25, -0.2) is 0 Å². The maximum atomic E-state index is 13.7. The Labute approximate surface area is 191 Å². The number of carbonyl (C=O) groups is 2. The first-order valence-electron chi connectivity index (χ1n) is 11.5. The molecule has 0 aromatic heterocycles. The summed E-state index contributed by atoms with van der Waals surface area (Å²) in [6, 6.07) is 12.5. The predicted molar refractivity (Wildman–Crippen MR) is 132 cm³/mol. The molecule has 3 rings (SSSR count). The Morgan fingerprint density at radius 3 is 2.16 bits per heavy atom. The second-order valence-corrected chi connectivity index (χ2v) is 14.4. The zero-order valence-corrected chi connectivity index (χ0v) is 20.6. The van der Waals surface area contributed by atoms with Crippen molar-refractivity contribution >= 4 is 24.8 Å². The van der Waals surface area contributed by atoms with Crippen molar-refractivity contribution in [1.82, 2.24) is 0 Å². The molecular formula is C26H35FNO3P. The number of carbonyl (C=O) groups excluding carboxylic acids is 2. The van der Waals surface area contributed by atoms with E-state index >= 15 is 0 Å². The van der Waals surface area contributed by atoms with E-state index in [-0.39, 0.29) is 24.3 Å². The van der Waals surface area contributed by atoms with Crippen molar-refractivity contribution in [2.24, 2.45) is 0 Å². The van der Waals surface area contributed by atoms with Crippen LogP contribution in [0, 0.1) is 19.7 Å². The SMILES string of the molecule is CC[PH](CC)(CC(=O)OCc1ccccc1)C1(C(=O)Nc2c(C)cc(F)cc2C)CCC1. The number of rotatable bonds is 9. The molecule has 32 heavy (non-hydrogen) atoms. The number of nitrogens with one attached hydrogen (secondary N) is 1. The summed E-state index contributed by atoms with van der Waals surface area (Å²) in [7, 11) is -2.33. The molecule has 2 aromatic rings. The summed E-state index contributed by atoms with van der Waals surface area (Å²) >= 11 is 0. The van der Waals surface area contributed by atoms with Crippen LogP contribution in [-0.2, 0) is 20.9 Å². The van der Waals surface area contributed by atoms with Crippen LogP contribution in [0.3, 0.4) is 0 Å².